The van der Waals surface area contributed by atoms with E-state index in [1.807, 2.05) is 0 Å². The summed E-state index contributed by atoms with van der Waals surface area (Å²) in [7, 11) is 0. The van der Waals surface area contributed by atoms with Gasteiger partial charge in [0, 0.05) is 25.0 Å². The summed E-state index contributed by atoms with van der Waals surface area (Å²) < 4.78 is 2.08. The number of unbranched alkanes of at least 4 members (excludes halogenated alkanes) is 1. The largest absolute Gasteiger partial charge is 0.383 e. The molecule has 1 aromatic carbocycles. The highest BCUT2D eigenvalue weighted by Gasteiger charge is 2.16. The van der Waals surface area contributed by atoms with Crippen molar-refractivity contribution in [2.75, 3.05) is 31.5 Å². The summed E-state index contributed by atoms with van der Waals surface area (Å²) in [5.74, 6) is 0. The van der Waals surface area contributed by atoms with Crippen molar-refractivity contribution in [3.63, 3.8) is 0 Å². The quantitative estimate of drug-likeness (QED) is 0.617. The molecule has 2 aromatic heterocycles. The first kappa shape index (κ1) is 18.6. The number of hydrogen-bond acceptors (Lipinski definition) is 4. The summed E-state index contributed by atoms with van der Waals surface area (Å²) in [5, 5.41) is 10.8. The maximum atomic E-state index is 4.94. The molecule has 3 rings (SSSR count). The molecule has 0 amide bonds. The minimum absolute atomic E-state index is 0.921. The fraction of sp³-hybridized carbons (Fsp3) is 0.524. The van der Waals surface area contributed by atoms with Crippen molar-refractivity contribution in [3.05, 3.63) is 30.0 Å². The van der Waals surface area contributed by atoms with Crippen LogP contribution in [0.4, 0.5) is 5.69 Å². The molecular weight excluding hydrogens is 322 g/mol. The minimum atomic E-state index is 0.921. The molecule has 0 spiro atoms. The van der Waals surface area contributed by atoms with Gasteiger partial charge in [-0.1, -0.05) is 45.4 Å². The molecule has 5 nitrogen and oxygen atoms in total. The van der Waals surface area contributed by atoms with Crippen molar-refractivity contribution in [3.8, 4) is 0 Å². The van der Waals surface area contributed by atoms with Crippen molar-refractivity contribution < 1.29 is 0 Å². The number of aryl methyl sites for hydroxylation is 2. The number of nitrogens with one attached hydrogen (secondary N) is 1. The second-order valence-corrected chi connectivity index (χ2v) is 6.82. The van der Waals surface area contributed by atoms with E-state index in [1.165, 1.54) is 16.5 Å². The number of hydrogen-bond donors (Lipinski definition) is 1. The van der Waals surface area contributed by atoms with Crippen LogP contribution in [0.5, 0.6) is 0 Å². The van der Waals surface area contributed by atoms with Crippen molar-refractivity contribution in [2.24, 2.45) is 0 Å². The lowest BCUT2D eigenvalue weighted by atomic mass is 10.1. The van der Waals surface area contributed by atoms with Gasteiger partial charge in [0.05, 0.1) is 22.3 Å². The predicted octanol–water partition coefficient (Wildman–Crippen LogP) is 4.45. The number of nitrogens with zero attached hydrogens (tertiary/aromatic N) is 4. The third kappa shape index (κ3) is 3.68. The topological polar surface area (TPSA) is 46.0 Å². The Morgan fingerprint density at radius 1 is 1.12 bits per heavy atom. The molecule has 0 fully saturated rings. The highest BCUT2D eigenvalue weighted by Crippen LogP contribution is 2.32. The van der Waals surface area contributed by atoms with Gasteiger partial charge in [0.2, 0.25) is 0 Å². The van der Waals surface area contributed by atoms with Crippen LogP contribution in [0.1, 0.15) is 39.3 Å². The molecule has 0 aliphatic heterocycles. The van der Waals surface area contributed by atoms with E-state index in [0.717, 1.165) is 62.4 Å². The van der Waals surface area contributed by atoms with Gasteiger partial charge in [0.15, 0.2) is 5.65 Å². The standard InChI is InChI=1S/C21H31N5/c1-5-8-14-26-21-19(16(4)24-26)20(22-13-15-25(6-2)7-3)17-11-9-10-12-18(17)23-21/h9-12H,5-8,13-15H2,1-4H3,(H,22,23). The Kier molecular flexibility index (Phi) is 6.09. The number of aromatic nitrogens is 3. The maximum absolute atomic E-state index is 4.94. The van der Waals surface area contributed by atoms with E-state index in [2.05, 4.69) is 66.9 Å². The second kappa shape index (κ2) is 8.49. The summed E-state index contributed by atoms with van der Waals surface area (Å²) in [4.78, 5) is 7.37. The van der Waals surface area contributed by atoms with Crippen LogP contribution >= 0.6 is 0 Å². The Morgan fingerprint density at radius 2 is 1.88 bits per heavy atom. The molecule has 3 aromatic rings. The fourth-order valence-electron chi connectivity index (χ4n) is 3.53. The Labute approximate surface area is 156 Å². The maximum Gasteiger partial charge on any atom is 0.160 e. The number of benzene rings is 1. The SMILES string of the molecule is CCCCn1nc(C)c2c(NCCN(CC)CC)c3ccccc3nc21. The van der Waals surface area contributed by atoms with Gasteiger partial charge in [-0.2, -0.15) is 5.10 Å². The first-order chi connectivity index (χ1) is 12.7. The second-order valence-electron chi connectivity index (χ2n) is 6.82. The van der Waals surface area contributed by atoms with Gasteiger partial charge in [-0.15, -0.1) is 0 Å². The summed E-state index contributed by atoms with van der Waals surface area (Å²) in [5.41, 5.74) is 4.26. The average molecular weight is 354 g/mol. The molecule has 0 radical (unpaired) electrons. The zero-order chi connectivity index (χ0) is 18.5. The van der Waals surface area contributed by atoms with Crippen LogP contribution in [0.15, 0.2) is 24.3 Å². The van der Waals surface area contributed by atoms with Crippen LogP contribution < -0.4 is 5.32 Å². The van der Waals surface area contributed by atoms with Crippen molar-refractivity contribution >= 4 is 27.6 Å². The Hall–Kier alpha value is -2.14. The first-order valence-electron chi connectivity index (χ1n) is 9.91. The highest BCUT2D eigenvalue weighted by atomic mass is 15.3. The molecule has 0 aliphatic rings. The number of pyridine rings is 1. The van der Waals surface area contributed by atoms with E-state index in [-0.39, 0.29) is 0 Å². The lowest BCUT2D eigenvalue weighted by Crippen LogP contribution is -2.28. The Morgan fingerprint density at radius 3 is 2.62 bits per heavy atom. The van der Waals surface area contributed by atoms with E-state index < -0.39 is 0 Å². The molecule has 0 aliphatic carbocycles. The van der Waals surface area contributed by atoms with E-state index in [4.69, 9.17) is 10.1 Å². The fourth-order valence-corrected chi connectivity index (χ4v) is 3.53. The summed E-state index contributed by atoms with van der Waals surface area (Å²) >= 11 is 0. The predicted molar refractivity (Wildman–Crippen MR) is 111 cm³/mol. The molecule has 0 atom stereocenters. The van der Waals surface area contributed by atoms with Crippen LogP contribution in [0.25, 0.3) is 21.9 Å². The van der Waals surface area contributed by atoms with E-state index >= 15 is 0 Å². The molecule has 0 bridgehead atoms. The molecule has 0 unspecified atom stereocenters. The lowest BCUT2D eigenvalue weighted by molar-refractivity contribution is 0.316. The molecule has 5 heteroatoms. The Balaban J connectivity index is 2.03. The number of rotatable bonds is 9. The first-order valence-corrected chi connectivity index (χ1v) is 9.91. The molecule has 1 N–H and O–H groups in total. The average Bonchev–Trinajstić information content (AvgIpc) is 2.98. The number of fused-ring (bicyclic) bond motifs is 2. The zero-order valence-corrected chi connectivity index (χ0v) is 16.5. The minimum Gasteiger partial charge on any atom is -0.383 e. The van der Waals surface area contributed by atoms with Gasteiger partial charge >= 0.3 is 0 Å². The third-order valence-corrected chi connectivity index (χ3v) is 5.10. The van der Waals surface area contributed by atoms with Gasteiger partial charge in [0.1, 0.15) is 0 Å². The molecule has 0 saturated heterocycles. The van der Waals surface area contributed by atoms with Crippen LogP contribution in [-0.2, 0) is 6.54 Å². The van der Waals surface area contributed by atoms with Crippen LogP contribution in [-0.4, -0.2) is 45.8 Å². The number of likely N-dealkylation sites (N-methyl/N-ethyl adjacent to an activating group) is 1. The normalized spacial score (nSPS) is 11.7. The molecule has 0 saturated carbocycles. The van der Waals surface area contributed by atoms with Crippen LogP contribution in [0.3, 0.4) is 0 Å². The number of anilines is 1. The molecular formula is C21H31N5. The van der Waals surface area contributed by atoms with Crippen molar-refractivity contribution in [1.82, 2.24) is 19.7 Å². The van der Waals surface area contributed by atoms with Crippen molar-refractivity contribution in [1.29, 1.82) is 0 Å². The van der Waals surface area contributed by atoms with Crippen LogP contribution in [0.2, 0.25) is 0 Å². The molecule has 140 valence electrons. The smallest absolute Gasteiger partial charge is 0.160 e. The highest BCUT2D eigenvalue weighted by molar-refractivity contribution is 6.07. The number of para-hydroxylation sites is 1. The summed E-state index contributed by atoms with van der Waals surface area (Å²) in [6, 6.07) is 8.39. The van der Waals surface area contributed by atoms with Gasteiger partial charge in [-0.05, 0) is 32.5 Å². The van der Waals surface area contributed by atoms with Crippen molar-refractivity contribution in [2.45, 2.75) is 47.1 Å². The monoisotopic (exact) mass is 353 g/mol. The van der Waals surface area contributed by atoms with E-state index in [9.17, 15) is 0 Å². The Bertz CT molecular complexity index is 864. The zero-order valence-electron chi connectivity index (χ0n) is 16.5. The van der Waals surface area contributed by atoms with Gasteiger partial charge in [0.25, 0.3) is 0 Å². The lowest BCUT2D eigenvalue weighted by Gasteiger charge is -2.19. The van der Waals surface area contributed by atoms with E-state index in [1.54, 1.807) is 0 Å². The summed E-state index contributed by atoms with van der Waals surface area (Å²) in [6.07, 6.45) is 2.28. The third-order valence-electron chi connectivity index (χ3n) is 5.10. The van der Waals surface area contributed by atoms with Gasteiger partial charge in [-0.3, -0.25) is 0 Å². The van der Waals surface area contributed by atoms with Crippen LogP contribution in [0, 0.1) is 6.92 Å². The van der Waals surface area contributed by atoms with E-state index in [0.29, 0.717) is 0 Å². The summed E-state index contributed by atoms with van der Waals surface area (Å²) in [6.45, 7) is 13.8. The molecule has 2 heterocycles. The van der Waals surface area contributed by atoms with Gasteiger partial charge < -0.3 is 10.2 Å². The molecule has 26 heavy (non-hydrogen) atoms. The van der Waals surface area contributed by atoms with Gasteiger partial charge in [-0.25, -0.2) is 9.67 Å².